The van der Waals surface area contributed by atoms with Gasteiger partial charge in [0.05, 0.1) is 35.4 Å². The van der Waals surface area contributed by atoms with E-state index in [1.54, 1.807) is 0 Å². The van der Waals surface area contributed by atoms with Crippen LogP contribution in [-0.2, 0) is 14.4 Å². The highest BCUT2D eigenvalue weighted by Gasteiger charge is 2.27. The van der Waals surface area contributed by atoms with Crippen LogP contribution in [0.15, 0.2) is 12.1 Å². The summed E-state index contributed by atoms with van der Waals surface area (Å²) >= 11 is 0. The number of aliphatic hydroxyl groups is 1. The molecule has 0 aromatic heterocycles. The number of benzene rings is 1. The van der Waals surface area contributed by atoms with Crippen LogP contribution < -0.4 is 27.0 Å². The molecule has 0 bridgehead atoms. The Balaban J connectivity index is 2.42. The molecule has 0 saturated carbocycles. The van der Waals surface area contributed by atoms with E-state index in [1.165, 1.54) is 0 Å². The van der Waals surface area contributed by atoms with E-state index in [4.69, 9.17) is 5.73 Å². The summed E-state index contributed by atoms with van der Waals surface area (Å²) < 4.78 is 14.5. The molecule has 168 valence electrons. The lowest BCUT2D eigenvalue weighted by molar-refractivity contribution is -0.385. The molecule has 31 heavy (non-hydrogen) atoms. The Morgan fingerprint density at radius 2 is 1.97 bits per heavy atom. The Labute approximate surface area is 174 Å². The van der Waals surface area contributed by atoms with E-state index in [0.29, 0.717) is 6.07 Å². The molecule has 2 atom stereocenters. The number of amides is 4. The summed E-state index contributed by atoms with van der Waals surface area (Å²) in [6, 6.07) is -1.16. The molecule has 0 spiro atoms. The van der Waals surface area contributed by atoms with Gasteiger partial charge < -0.3 is 32.1 Å². The summed E-state index contributed by atoms with van der Waals surface area (Å²) in [4.78, 5) is 58.5. The molecule has 4 amide bonds. The zero-order valence-electron chi connectivity index (χ0n) is 16.1. The standard InChI is InChI=1S/C17H21FN6O7/c18-10-5-8(24(30)31)4-9-14(10)20-3-1-2-11(15(19)27)22-13(26)6-21-17(29)12(7-25)23-16(9)28/h4-5,11-12,20,25H,1-3,6-7H2,(H2,19,27)(H,21,29)(H,22,26)(H,23,28)/t11-,12-/m0/s1. The van der Waals surface area contributed by atoms with Crippen molar-refractivity contribution in [1.82, 2.24) is 16.0 Å². The van der Waals surface area contributed by atoms with Crippen molar-refractivity contribution in [2.45, 2.75) is 24.9 Å². The number of halogens is 1. The predicted octanol–water partition coefficient (Wildman–Crippen LogP) is -1.88. The smallest absolute Gasteiger partial charge is 0.273 e. The minimum Gasteiger partial charge on any atom is -0.394 e. The van der Waals surface area contributed by atoms with Gasteiger partial charge in [0.25, 0.3) is 11.6 Å². The number of nitrogens with zero attached hydrogens (tertiary/aromatic N) is 1. The van der Waals surface area contributed by atoms with Crippen molar-refractivity contribution < 1.29 is 33.6 Å². The van der Waals surface area contributed by atoms with Crippen molar-refractivity contribution in [1.29, 1.82) is 0 Å². The fourth-order valence-corrected chi connectivity index (χ4v) is 2.83. The van der Waals surface area contributed by atoms with Gasteiger partial charge in [0, 0.05) is 12.6 Å². The van der Waals surface area contributed by atoms with Crippen molar-refractivity contribution in [2.24, 2.45) is 5.73 Å². The molecular weight excluding hydrogens is 419 g/mol. The fraction of sp³-hybridized carbons (Fsp3) is 0.412. The van der Waals surface area contributed by atoms with E-state index >= 15 is 0 Å². The zero-order chi connectivity index (χ0) is 23.1. The first-order valence-electron chi connectivity index (χ1n) is 9.14. The first-order valence-corrected chi connectivity index (χ1v) is 9.14. The van der Waals surface area contributed by atoms with Crippen LogP contribution in [0.3, 0.4) is 0 Å². The number of carbonyl (C=O) groups is 4. The maximum atomic E-state index is 14.5. The van der Waals surface area contributed by atoms with E-state index in [1.807, 2.05) is 0 Å². The summed E-state index contributed by atoms with van der Waals surface area (Å²) in [5, 5.41) is 29.8. The molecule has 0 radical (unpaired) electrons. The molecule has 0 fully saturated rings. The number of fused-ring (bicyclic) bond motifs is 1. The maximum absolute atomic E-state index is 14.5. The molecule has 0 saturated heterocycles. The van der Waals surface area contributed by atoms with Crippen molar-refractivity contribution >= 4 is 35.0 Å². The Morgan fingerprint density at radius 1 is 1.26 bits per heavy atom. The minimum absolute atomic E-state index is 0.0231. The highest BCUT2D eigenvalue weighted by molar-refractivity contribution is 6.03. The van der Waals surface area contributed by atoms with Crippen molar-refractivity contribution in [2.75, 3.05) is 25.0 Å². The summed E-state index contributed by atoms with van der Waals surface area (Å²) in [6.07, 6.45) is 0.272. The maximum Gasteiger partial charge on any atom is 0.273 e. The Hall–Kier alpha value is -3.81. The number of rotatable bonds is 3. The van der Waals surface area contributed by atoms with Gasteiger partial charge in [-0.1, -0.05) is 0 Å². The molecule has 1 aromatic rings. The van der Waals surface area contributed by atoms with Crippen molar-refractivity contribution in [3.63, 3.8) is 0 Å². The number of hydrogen-bond acceptors (Lipinski definition) is 8. The van der Waals surface area contributed by atoms with Gasteiger partial charge in [-0.2, -0.15) is 0 Å². The molecule has 0 unspecified atom stereocenters. The van der Waals surface area contributed by atoms with Gasteiger partial charge in [0.15, 0.2) is 5.82 Å². The largest absolute Gasteiger partial charge is 0.394 e. The van der Waals surface area contributed by atoms with Gasteiger partial charge in [-0.3, -0.25) is 29.3 Å². The van der Waals surface area contributed by atoms with Crippen LogP contribution in [0.4, 0.5) is 15.8 Å². The Morgan fingerprint density at radius 3 is 2.58 bits per heavy atom. The van der Waals surface area contributed by atoms with Crippen LogP contribution in [-0.4, -0.2) is 65.4 Å². The minimum atomic E-state index is -1.53. The summed E-state index contributed by atoms with van der Waals surface area (Å²) in [7, 11) is 0. The highest BCUT2D eigenvalue weighted by Crippen LogP contribution is 2.26. The summed E-state index contributed by atoms with van der Waals surface area (Å²) in [6.45, 7) is -1.41. The van der Waals surface area contributed by atoms with Gasteiger partial charge in [0.2, 0.25) is 17.7 Å². The number of nitro benzene ring substituents is 1. The molecule has 7 N–H and O–H groups in total. The van der Waals surface area contributed by atoms with Gasteiger partial charge in [-0.05, 0) is 12.8 Å². The van der Waals surface area contributed by atoms with Crippen LogP contribution in [0.25, 0.3) is 0 Å². The van der Waals surface area contributed by atoms with E-state index in [-0.39, 0.29) is 25.1 Å². The first-order chi connectivity index (χ1) is 14.6. The van der Waals surface area contributed by atoms with Crippen molar-refractivity contribution in [3.8, 4) is 0 Å². The number of non-ortho nitro benzene ring substituents is 1. The van der Waals surface area contributed by atoms with Crippen LogP contribution in [0.2, 0.25) is 0 Å². The molecule has 1 aliphatic rings. The monoisotopic (exact) mass is 440 g/mol. The average molecular weight is 440 g/mol. The topological polar surface area (TPSA) is 206 Å². The molecule has 1 heterocycles. The van der Waals surface area contributed by atoms with Crippen LogP contribution in [0, 0.1) is 15.9 Å². The number of nitro groups is 1. The van der Waals surface area contributed by atoms with E-state index in [9.17, 15) is 38.8 Å². The first kappa shape index (κ1) is 23.5. The number of carbonyl (C=O) groups excluding carboxylic acids is 4. The van der Waals surface area contributed by atoms with Gasteiger partial charge in [-0.25, -0.2) is 4.39 Å². The number of anilines is 1. The number of hydrogen-bond donors (Lipinski definition) is 6. The quantitative estimate of drug-likeness (QED) is 0.231. The predicted molar refractivity (Wildman–Crippen MR) is 103 cm³/mol. The molecule has 2 rings (SSSR count). The third kappa shape index (κ3) is 6.08. The Kier molecular flexibility index (Phi) is 7.79. The van der Waals surface area contributed by atoms with Crippen molar-refractivity contribution in [3.05, 3.63) is 33.6 Å². The molecular formula is C17H21FN6O7. The molecule has 1 aliphatic heterocycles. The van der Waals surface area contributed by atoms with Crippen LogP contribution in [0.5, 0.6) is 0 Å². The number of nitrogens with one attached hydrogen (secondary N) is 4. The van der Waals surface area contributed by atoms with Gasteiger partial charge >= 0.3 is 0 Å². The molecule has 13 nitrogen and oxygen atoms in total. The highest BCUT2D eigenvalue weighted by atomic mass is 19.1. The van der Waals surface area contributed by atoms with Crippen LogP contribution in [0.1, 0.15) is 23.2 Å². The normalized spacial score (nSPS) is 20.6. The number of aliphatic hydroxyl groups excluding tert-OH is 1. The second kappa shape index (κ2) is 10.3. The fourth-order valence-electron chi connectivity index (χ4n) is 2.83. The van der Waals surface area contributed by atoms with Crippen LogP contribution >= 0.6 is 0 Å². The van der Waals surface area contributed by atoms with Gasteiger partial charge in [0.1, 0.15) is 12.1 Å². The van der Waals surface area contributed by atoms with E-state index < -0.39 is 70.9 Å². The number of nitrogens with two attached hydrogens (primary N) is 1. The third-order valence-corrected chi connectivity index (χ3v) is 4.41. The molecule has 14 heteroatoms. The SMILES string of the molecule is NC(=O)[C@@H]1CCCNc2c(F)cc([N+](=O)[O-])cc2C(=O)N[C@@H](CO)C(=O)NCC(=O)N1. The van der Waals surface area contributed by atoms with E-state index in [0.717, 1.165) is 6.07 Å². The molecule has 0 aliphatic carbocycles. The van der Waals surface area contributed by atoms with Gasteiger partial charge in [-0.15, -0.1) is 0 Å². The number of primary amides is 1. The summed E-state index contributed by atoms with van der Waals surface area (Å²) in [5.74, 6) is -4.65. The van der Waals surface area contributed by atoms with E-state index in [2.05, 4.69) is 21.3 Å². The average Bonchev–Trinajstić information content (AvgIpc) is 2.71. The Bertz CT molecular complexity index is 909. The zero-order valence-corrected chi connectivity index (χ0v) is 16.1. The lowest BCUT2D eigenvalue weighted by Crippen LogP contribution is -2.52. The molecule has 1 aromatic carbocycles. The lowest BCUT2D eigenvalue weighted by Gasteiger charge is -2.18. The third-order valence-electron chi connectivity index (χ3n) is 4.41. The summed E-state index contributed by atoms with van der Waals surface area (Å²) in [5.41, 5.74) is 3.73. The lowest BCUT2D eigenvalue weighted by atomic mass is 10.1. The second-order valence-corrected chi connectivity index (χ2v) is 6.63. The second-order valence-electron chi connectivity index (χ2n) is 6.63.